The molecule has 5 nitrogen and oxygen atoms in total. The fourth-order valence-electron chi connectivity index (χ4n) is 1.68. The topological polar surface area (TPSA) is 66.9 Å². The van der Waals surface area contributed by atoms with Crippen molar-refractivity contribution >= 4 is 11.7 Å². The molecule has 0 saturated heterocycles. The van der Waals surface area contributed by atoms with Gasteiger partial charge in [-0.25, -0.2) is 0 Å². The highest BCUT2D eigenvalue weighted by atomic mass is 16.1. The number of amides is 1. The highest BCUT2D eigenvalue weighted by Gasteiger charge is 2.07. The van der Waals surface area contributed by atoms with Gasteiger partial charge in [-0.15, -0.1) is 10.2 Å². The van der Waals surface area contributed by atoms with Crippen LogP contribution in [0.1, 0.15) is 21.6 Å². The van der Waals surface area contributed by atoms with Crippen molar-refractivity contribution in [3.05, 3.63) is 53.2 Å². The number of nitrogens with zero attached hydrogens (tertiary/aromatic N) is 2. The lowest BCUT2D eigenvalue weighted by atomic mass is 10.1. The number of carbonyl (C=O) groups excluding carboxylic acids is 1. The summed E-state index contributed by atoms with van der Waals surface area (Å²) in [6.07, 6.45) is 0. The van der Waals surface area contributed by atoms with Crippen LogP contribution in [-0.4, -0.2) is 23.2 Å². The third kappa shape index (κ3) is 3.51. The Bertz CT molecular complexity index is 566. The molecule has 0 fully saturated rings. The molecule has 0 aliphatic heterocycles. The van der Waals surface area contributed by atoms with E-state index >= 15 is 0 Å². The van der Waals surface area contributed by atoms with Gasteiger partial charge in [0.05, 0.1) is 0 Å². The summed E-state index contributed by atoms with van der Waals surface area (Å²) >= 11 is 0. The lowest BCUT2D eigenvalue weighted by Gasteiger charge is -2.05. The second-order valence-electron chi connectivity index (χ2n) is 4.23. The monoisotopic (exact) mass is 256 g/mol. The Morgan fingerprint density at radius 3 is 2.68 bits per heavy atom. The predicted octanol–water partition coefficient (Wildman–Crippen LogP) is 1.76. The van der Waals surface area contributed by atoms with Gasteiger partial charge in [0.2, 0.25) is 0 Å². The number of aromatic nitrogens is 2. The molecule has 0 bridgehead atoms. The van der Waals surface area contributed by atoms with E-state index in [2.05, 4.69) is 20.8 Å². The standard InChI is InChI=1S/C14H16N4O/c1-10-4-3-5-11(8-10)9-16-14(19)12-6-7-13(15-2)18-17-12/h3-8H,9H2,1-2H3,(H,15,18)(H,16,19). The first kappa shape index (κ1) is 13.0. The lowest BCUT2D eigenvalue weighted by molar-refractivity contribution is 0.0945. The lowest BCUT2D eigenvalue weighted by Crippen LogP contribution is -2.24. The average molecular weight is 256 g/mol. The molecule has 0 aliphatic rings. The zero-order valence-corrected chi connectivity index (χ0v) is 11.0. The Kier molecular flexibility index (Phi) is 4.07. The number of benzene rings is 1. The van der Waals surface area contributed by atoms with Crippen molar-refractivity contribution in [2.24, 2.45) is 0 Å². The fraction of sp³-hybridized carbons (Fsp3) is 0.214. The molecule has 1 aromatic carbocycles. The molecule has 0 atom stereocenters. The van der Waals surface area contributed by atoms with E-state index < -0.39 is 0 Å². The molecular formula is C14H16N4O. The van der Waals surface area contributed by atoms with Crippen LogP contribution >= 0.6 is 0 Å². The molecule has 0 radical (unpaired) electrons. The summed E-state index contributed by atoms with van der Waals surface area (Å²) in [4.78, 5) is 11.9. The van der Waals surface area contributed by atoms with E-state index in [1.54, 1.807) is 19.2 Å². The van der Waals surface area contributed by atoms with Gasteiger partial charge in [0.25, 0.3) is 5.91 Å². The number of hydrogen-bond donors (Lipinski definition) is 2. The van der Waals surface area contributed by atoms with E-state index in [0.29, 0.717) is 18.1 Å². The minimum atomic E-state index is -0.225. The first-order valence-corrected chi connectivity index (χ1v) is 6.04. The van der Waals surface area contributed by atoms with E-state index in [-0.39, 0.29) is 5.91 Å². The molecule has 1 heterocycles. The number of carbonyl (C=O) groups is 1. The Hall–Kier alpha value is -2.43. The van der Waals surface area contributed by atoms with Crippen molar-refractivity contribution in [1.29, 1.82) is 0 Å². The van der Waals surface area contributed by atoms with Crippen molar-refractivity contribution in [3.63, 3.8) is 0 Å². The molecule has 1 aromatic heterocycles. The summed E-state index contributed by atoms with van der Waals surface area (Å²) in [5.41, 5.74) is 2.55. The number of aryl methyl sites for hydroxylation is 1. The van der Waals surface area contributed by atoms with Gasteiger partial charge in [0.15, 0.2) is 5.69 Å². The Morgan fingerprint density at radius 2 is 2.05 bits per heavy atom. The summed E-state index contributed by atoms with van der Waals surface area (Å²) in [6.45, 7) is 2.50. The van der Waals surface area contributed by atoms with Gasteiger partial charge in [-0.05, 0) is 24.6 Å². The minimum Gasteiger partial charge on any atom is -0.372 e. The summed E-state index contributed by atoms with van der Waals surface area (Å²) in [7, 11) is 1.75. The van der Waals surface area contributed by atoms with Crippen LogP contribution in [0, 0.1) is 6.92 Å². The molecule has 2 aromatic rings. The molecule has 0 aliphatic carbocycles. The summed E-state index contributed by atoms with van der Waals surface area (Å²) < 4.78 is 0. The fourth-order valence-corrected chi connectivity index (χ4v) is 1.68. The number of rotatable bonds is 4. The van der Waals surface area contributed by atoms with Crippen LogP contribution < -0.4 is 10.6 Å². The van der Waals surface area contributed by atoms with Gasteiger partial charge in [0, 0.05) is 13.6 Å². The first-order valence-electron chi connectivity index (χ1n) is 6.04. The van der Waals surface area contributed by atoms with Crippen molar-refractivity contribution in [3.8, 4) is 0 Å². The first-order chi connectivity index (χ1) is 9.19. The van der Waals surface area contributed by atoms with Gasteiger partial charge < -0.3 is 10.6 Å². The number of anilines is 1. The molecule has 1 amide bonds. The molecule has 19 heavy (non-hydrogen) atoms. The normalized spacial score (nSPS) is 10.0. The van der Waals surface area contributed by atoms with Crippen LogP contribution in [0.2, 0.25) is 0 Å². The Morgan fingerprint density at radius 1 is 1.21 bits per heavy atom. The molecule has 0 saturated carbocycles. The van der Waals surface area contributed by atoms with Crippen LogP contribution in [0.5, 0.6) is 0 Å². The minimum absolute atomic E-state index is 0.225. The second-order valence-corrected chi connectivity index (χ2v) is 4.23. The smallest absolute Gasteiger partial charge is 0.272 e. The van der Waals surface area contributed by atoms with Gasteiger partial charge in [-0.1, -0.05) is 29.8 Å². The maximum atomic E-state index is 11.9. The molecule has 0 spiro atoms. The van der Waals surface area contributed by atoms with Crippen molar-refractivity contribution in [2.75, 3.05) is 12.4 Å². The third-order valence-corrected chi connectivity index (χ3v) is 2.69. The zero-order chi connectivity index (χ0) is 13.7. The highest BCUT2D eigenvalue weighted by Crippen LogP contribution is 2.04. The number of hydrogen-bond acceptors (Lipinski definition) is 4. The van der Waals surface area contributed by atoms with E-state index in [1.165, 1.54) is 5.56 Å². The van der Waals surface area contributed by atoms with Crippen molar-refractivity contribution in [2.45, 2.75) is 13.5 Å². The summed E-state index contributed by atoms with van der Waals surface area (Å²) in [6, 6.07) is 11.4. The van der Waals surface area contributed by atoms with Gasteiger partial charge in [0.1, 0.15) is 5.82 Å². The van der Waals surface area contributed by atoms with Crippen molar-refractivity contribution in [1.82, 2.24) is 15.5 Å². The summed E-state index contributed by atoms with van der Waals surface area (Å²) in [5.74, 6) is 0.409. The third-order valence-electron chi connectivity index (χ3n) is 2.69. The molecular weight excluding hydrogens is 240 g/mol. The van der Waals surface area contributed by atoms with E-state index in [0.717, 1.165) is 5.56 Å². The van der Waals surface area contributed by atoms with Gasteiger partial charge in [-0.3, -0.25) is 4.79 Å². The van der Waals surface area contributed by atoms with E-state index in [4.69, 9.17) is 0 Å². The molecule has 98 valence electrons. The van der Waals surface area contributed by atoms with Crippen LogP contribution in [0.15, 0.2) is 36.4 Å². The van der Waals surface area contributed by atoms with Gasteiger partial charge >= 0.3 is 0 Å². The predicted molar refractivity (Wildman–Crippen MR) is 73.9 cm³/mol. The molecule has 2 N–H and O–H groups in total. The summed E-state index contributed by atoms with van der Waals surface area (Å²) in [5, 5.41) is 13.4. The van der Waals surface area contributed by atoms with E-state index in [9.17, 15) is 4.79 Å². The van der Waals surface area contributed by atoms with Crippen LogP contribution in [-0.2, 0) is 6.54 Å². The molecule has 2 rings (SSSR count). The number of nitrogens with one attached hydrogen (secondary N) is 2. The SMILES string of the molecule is CNc1ccc(C(=O)NCc2cccc(C)c2)nn1. The largest absolute Gasteiger partial charge is 0.372 e. The quantitative estimate of drug-likeness (QED) is 0.874. The maximum Gasteiger partial charge on any atom is 0.272 e. The average Bonchev–Trinajstić information content (AvgIpc) is 2.45. The zero-order valence-electron chi connectivity index (χ0n) is 11.0. The second kappa shape index (κ2) is 5.95. The molecule has 5 heteroatoms. The van der Waals surface area contributed by atoms with Crippen molar-refractivity contribution < 1.29 is 4.79 Å². The van der Waals surface area contributed by atoms with Crippen LogP contribution in [0.25, 0.3) is 0 Å². The van der Waals surface area contributed by atoms with Gasteiger partial charge in [-0.2, -0.15) is 0 Å². The van der Waals surface area contributed by atoms with E-state index in [1.807, 2.05) is 31.2 Å². The van der Waals surface area contributed by atoms with Crippen LogP contribution in [0.4, 0.5) is 5.82 Å². The van der Waals surface area contributed by atoms with Crippen LogP contribution in [0.3, 0.4) is 0 Å². The Balaban J connectivity index is 1.97. The molecule has 0 unspecified atom stereocenters. The maximum absolute atomic E-state index is 11.9. The Labute approximate surface area is 112 Å². The highest BCUT2D eigenvalue weighted by molar-refractivity contribution is 5.92.